The van der Waals surface area contributed by atoms with Crippen molar-refractivity contribution in [1.82, 2.24) is 0 Å². The first-order chi connectivity index (χ1) is 9.52. The SMILES string of the molecule is CC(C(=O)O)C(=O)OC1(C2CC3CCC2S3)CCCC1. The average molecular weight is 298 g/mol. The number of carbonyl (C=O) groups is 2. The number of hydrogen-bond donors (Lipinski definition) is 1. The normalized spacial score (nSPS) is 36.0. The van der Waals surface area contributed by atoms with Crippen molar-refractivity contribution in [3.05, 3.63) is 0 Å². The summed E-state index contributed by atoms with van der Waals surface area (Å²) in [6, 6.07) is 0. The molecule has 2 bridgehead atoms. The van der Waals surface area contributed by atoms with Gasteiger partial charge >= 0.3 is 11.9 Å². The van der Waals surface area contributed by atoms with Crippen LogP contribution in [0.15, 0.2) is 0 Å². The van der Waals surface area contributed by atoms with Crippen LogP contribution in [0.25, 0.3) is 0 Å². The van der Waals surface area contributed by atoms with E-state index >= 15 is 0 Å². The molecule has 4 unspecified atom stereocenters. The molecule has 0 radical (unpaired) electrons. The zero-order valence-electron chi connectivity index (χ0n) is 11.8. The molecule has 3 aliphatic rings. The lowest BCUT2D eigenvalue weighted by atomic mass is 9.75. The van der Waals surface area contributed by atoms with Crippen LogP contribution in [-0.4, -0.2) is 33.1 Å². The molecular formula is C15H22O4S. The van der Waals surface area contributed by atoms with Gasteiger partial charge in [-0.2, -0.15) is 11.8 Å². The summed E-state index contributed by atoms with van der Waals surface area (Å²) < 4.78 is 5.83. The van der Waals surface area contributed by atoms with Crippen molar-refractivity contribution in [2.45, 2.75) is 68.0 Å². The van der Waals surface area contributed by atoms with E-state index < -0.39 is 17.9 Å². The third-order valence-electron chi connectivity index (χ3n) is 5.26. The number of thioether (sulfide) groups is 1. The average Bonchev–Trinajstić information content (AvgIpc) is 3.13. The van der Waals surface area contributed by atoms with E-state index in [-0.39, 0.29) is 5.60 Å². The Balaban J connectivity index is 1.75. The minimum Gasteiger partial charge on any atom is -0.481 e. The lowest BCUT2D eigenvalue weighted by Crippen LogP contribution is -2.45. The maximum Gasteiger partial charge on any atom is 0.320 e. The van der Waals surface area contributed by atoms with Gasteiger partial charge in [-0.05, 0) is 51.9 Å². The van der Waals surface area contributed by atoms with Crippen LogP contribution >= 0.6 is 11.8 Å². The molecule has 2 saturated heterocycles. The summed E-state index contributed by atoms with van der Waals surface area (Å²) in [5.41, 5.74) is -0.367. The molecule has 4 nitrogen and oxygen atoms in total. The second-order valence-corrected chi connectivity index (χ2v) is 8.01. The second kappa shape index (κ2) is 5.24. The van der Waals surface area contributed by atoms with E-state index in [2.05, 4.69) is 11.8 Å². The Morgan fingerprint density at radius 2 is 2.00 bits per heavy atom. The molecule has 1 aliphatic carbocycles. The Kier molecular flexibility index (Phi) is 3.73. The van der Waals surface area contributed by atoms with E-state index in [9.17, 15) is 9.59 Å². The summed E-state index contributed by atoms with van der Waals surface area (Å²) in [7, 11) is 0. The van der Waals surface area contributed by atoms with Gasteiger partial charge in [0.1, 0.15) is 5.60 Å². The van der Waals surface area contributed by atoms with E-state index in [1.54, 1.807) is 0 Å². The van der Waals surface area contributed by atoms with Gasteiger partial charge in [0.15, 0.2) is 5.92 Å². The van der Waals surface area contributed by atoms with Gasteiger partial charge in [-0.25, -0.2) is 0 Å². The highest BCUT2D eigenvalue weighted by atomic mass is 32.2. The van der Waals surface area contributed by atoms with Gasteiger partial charge < -0.3 is 9.84 Å². The Morgan fingerprint density at radius 1 is 1.30 bits per heavy atom. The molecule has 2 heterocycles. The molecule has 0 amide bonds. The lowest BCUT2D eigenvalue weighted by Gasteiger charge is -2.39. The van der Waals surface area contributed by atoms with Crippen molar-refractivity contribution >= 4 is 23.7 Å². The van der Waals surface area contributed by atoms with Crippen LogP contribution in [0, 0.1) is 11.8 Å². The molecule has 1 N–H and O–H groups in total. The molecule has 3 rings (SSSR count). The topological polar surface area (TPSA) is 63.6 Å². The molecule has 0 aromatic rings. The monoisotopic (exact) mass is 298 g/mol. The first-order valence-corrected chi connectivity index (χ1v) is 8.57. The Labute approximate surface area is 123 Å². The predicted octanol–water partition coefficient (Wildman–Crippen LogP) is 2.85. The molecule has 0 spiro atoms. The minimum atomic E-state index is -1.09. The van der Waals surface area contributed by atoms with Crippen molar-refractivity contribution in [1.29, 1.82) is 0 Å². The quantitative estimate of drug-likeness (QED) is 0.638. The number of rotatable bonds is 4. The molecule has 112 valence electrons. The summed E-state index contributed by atoms with van der Waals surface area (Å²) in [6.07, 6.45) is 7.68. The molecule has 2 aliphatic heterocycles. The van der Waals surface area contributed by atoms with Crippen LogP contribution in [0.4, 0.5) is 0 Å². The lowest BCUT2D eigenvalue weighted by molar-refractivity contribution is -0.175. The number of carbonyl (C=O) groups excluding carboxylic acids is 1. The Bertz CT molecular complexity index is 416. The van der Waals surface area contributed by atoms with Crippen molar-refractivity contribution in [2.24, 2.45) is 11.8 Å². The van der Waals surface area contributed by atoms with Crippen LogP contribution in [0.3, 0.4) is 0 Å². The van der Waals surface area contributed by atoms with E-state index in [0.29, 0.717) is 11.2 Å². The highest BCUT2D eigenvalue weighted by Crippen LogP contribution is 2.57. The number of esters is 1. The third kappa shape index (κ3) is 2.34. The van der Waals surface area contributed by atoms with Crippen LogP contribution in [0.5, 0.6) is 0 Å². The van der Waals surface area contributed by atoms with Crippen molar-refractivity contribution < 1.29 is 19.4 Å². The highest BCUT2D eigenvalue weighted by Gasteiger charge is 2.54. The number of carboxylic acid groups (broad SMARTS) is 1. The van der Waals surface area contributed by atoms with E-state index in [1.165, 1.54) is 19.8 Å². The summed E-state index contributed by atoms with van der Waals surface area (Å²) >= 11 is 2.06. The molecule has 4 atom stereocenters. The molecule has 1 saturated carbocycles. The van der Waals surface area contributed by atoms with E-state index in [1.807, 2.05) is 0 Å². The van der Waals surface area contributed by atoms with Gasteiger partial charge in [0, 0.05) is 16.4 Å². The molecule has 20 heavy (non-hydrogen) atoms. The van der Waals surface area contributed by atoms with Gasteiger partial charge in [-0.15, -0.1) is 0 Å². The Hall–Kier alpha value is -0.710. The number of carboxylic acids is 1. The van der Waals surface area contributed by atoms with Crippen LogP contribution in [-0.2, 0) is 14.3 Å². The molecule has 0 aromatic heterocycles. The summed E-state index contributed by atoms with van der Waals surface area (Å²) in [4.78, 5) is 23.1. The van der Waals surface area contributed by atoms with Crippen molar-refractivity contribution in [3.8, 4) is 0 Å². The van der Waals surface area contributed by atoms with Gasteiger partial charge in [0.05, 0.1) is 0 Å². The smallest absolute Gasteiger partial charge is 0.320 e. The number of ether oxygens (including phenoxy) is 1. The largest absolute Gasteiger partial charge is 0.481 e. The fourth-order valence-electron chi connectivity index (χ4n) is 4.10. The van der Waals surface area contributed by atoms with Gasteiger partial charge in [0.25, 0.3) is 0 Å². The zero-order valence-corrected chi connectivity index (χ0v) is 12.7. The first-order valence-electron chi connectivity index (χ1n) is 7.63. The molecule has 5 heteroatoms. The molecule has 3 fully saturated rings. The highest BCUT2D eigenvalue weighted by molar-refractivity contribution is 8.01. The van der Waals surface area contributed by atoms with Crippen molar-refractivity contribution in [2.75, 3.05) is 0 Å². The summed E-state index contributed by atoms with van der Waals surface area (Å²) in [5.74, 6) is -2.25. The van der Waals surface area contributed by atoms with Gasteiger partial charge in [-0.1, -0.05) is 0 Å². The van der Waals surface area contributed by atoms with Crippen LogP contribution in [0.1, 0.15) is 51.9 Å². The second-order valence-electron chi connectivity index (χ2n) is 6.47. The summed E-state index contributed by atoms with van der Waals surface area (Å²) in [6.45, 7) is 1.42. The fourth-order valence-corrected chi connectivity index (χ4v) is 6.01. The molecule has 0 aromatic carbocycles. The minimum absolute atomic E-state index is 0.367. The third-order valence-corrected chi connectivity index (χ3v) is 6.99. The van der Waals surface area contributed by atoms with Gasteiger partial charge in [0.2, 0.25) is 0 Å². The zero-order chi connectivity index (χ0) is 14.3. The van der Waals surface area contributed by atoms with Crippen LogP contribution < -0.4 is 0 Å². The maximum absolute atomic E-state index is 12.1. The van der Waals surface area contributed by atoms with E-state index in [0.717, 1.165) is 37.4 Å². The number of hydrogen-bond acceptors (Lipinski definition) is 4. The maximum atomic E-state index is 12.1. The predicted molar refractivity (Wildman–Crippen MR) is 76.6 cm³/mol. The fraction of sp³-hybridized carbons (Fsp3) is 0.867. The Morgan fingerprint density at radius 3 is 2.50 bits per heavy atom. The standard InChI is InChI=1S/C15H22O4S/c1-9(13(16)17)14(18)19-15(6-2-3-7-15)11-8-10-4-5-12(11)20-10/h9-12H,2-8H2,1H3,(H,16,17). The van der Waals surface area contributed by atoms with E-state index in [4.69, 9.17) is 9.84 Å². The molecular weight excluding hydrogens is 276 g/mol. The number of fused-ring (bicyclic) bond motifs is 2. The van der Waals surface area contributed by atoms with Gasteiger partial charge in [-0.3, -0.25) is 9.59 Å². The summed E-state index contributed by atoms with van der Waals surface area (Å²) in [5, 5.41) is 10.3. The first kappa shape index (κ1) is 14.2. The van der Waals surface area contributed by atoms with Crippen LogP contribution in [0.2, 0.25) is 0 Å². The number of aliphatic carboxylic acids is 1. The van der Waals surface area contributed by atoms with Crippen molar-refractivity contribution in [3.63, 3.8) is 0 Å².